The van der Waals surface area contributed by atoms with Crippen molar-refractivity contribution >= 4 is 12.7 Å². The largest absolute Gasteiger partial charge is 0.514 e. The van der Waals surface area contributed by atoms with Gasteiger partial charge in [-0.2, -0.15) is 0 Å². The number of rotatable bonds is 3. The van der Waals surface area contributed by atoms with Crippen LogP contribution >= 0.6 is 0 Å². The molecule has 1 atom stereocenters. The summed E-state index contributed by atoms with van der Waals surface area (Å²) >= 11 is 0. The van der Waals surface area contributed by atoms with Gasteiger partial charge in [0.1, 0.15) is 0 Å². The molecule has 0 saturated carbocycles. The average molecular weight is 263 g/mol. The molecule has 1 aliphatic rings. The number of hydrogen-bond donors (Lipinski definition) is 1. The van der Waals surface area contributed by atoms with Gasteiger partial charge in [0, 0.05) is 6.20 Å². The maximum atomic E-state index is 9.35. The standard InChI is InChI=1S/C14H22BNO3/c1-10(17)8-11-6-7-12(16-9-11)15-18-13(2,3)14(4,5)19-15/h6-7,9-10,17H,8H2,1-5H3. The lowest BCUT2D eigenvalue weighted by Crippen LogP contribution is -2.41. The highest BCUT2D eigenvalue weighted by Gasteiger charge is 2.52. The molecule has 0 spiro atoms. The molecule has 1 aromatic heterocycles. The molecule has 0 radical (unpaired) electrons. The van der Waals surface area contributed by atoms with Crippen molar-refractivity contribution in [1.29, 1.82) is 0 Å². The molecule has 4 nitrogen and oxygen atoms in total. The summed E-state index contributed by atoms with van der Waals surface area (Å²) in [4.78, 5) is 4.38. The zero-order chi connectivity index (χ0) is 14.3. The fourth-order valence-corrected chi connectivity index (χ4v) is 2.00. The van der Waals surface area contributed by atoms with E-state index < -0.39 is 7.12 Å². The van der Waals surface area contributed by atoms with Gasteiger partial charge in [-0.05, 0) is 52.7 Å². The zero-order valence-electron chi connectivity index (χ0n) is 12.3. The number of aliphatic hydroxyl groups is 1. The van der Waals surface area contributed by atoms with Gasteiger partial charge < -0.3 is 14.4 Å². The van der Waals surface area contributed by atoms with Crippen LogP contribution in [0, 0.1) is 0 Å². The molecular formula is C14H22BNO3. The van der Waals surface area contributed by atoms with Crippen LogP contribution in [-0.2, 0) is 15.7 Å². The van der Waals surface area contributed by atoms with Crippen molar-refractivity contribution in [2.75, 3.05) is 0 Å². The number of hydrogen-bond acceptors (Lipinski definition) is 4. The molecule has 1 N–H and O–H groups in total. The van der Waals surface area contributed by atoms with E-state index in [1.807, 2.05) is 39.8 Å². The Morgan fingerprint density at radius 1 is 1.21 bits per heavy atom. The second-order valence-corrected chi connectivity index (χ2v) is 6.23. The summed E-state index contributed by atoms with van der Waals surface area (Å²) < 4.78 is 11.9. The quantitative estimate of drug-likeness (QED) is 0.835. The molecule has 0 bridgehead atoms. The summed E-state index contributed by atoms with van der Waals surface area (Å²) in [6.45, 7) is 9.86. The third kappa shape index (κ3) is 2.99. The molecule has 0 amide bonds. The minimum absolute atomic E-state index is 0.350. The highest BCUT2D eigenvalue weighted by Crippen LogP contribution is 2.36. The van der Waals surface area contributed by atoms with Crippen molar-refractivity contribution in [3.8, 4) is 0 Å². The molecule has 2 heterocycles. The normalized spacial score (nSPS) is 22.5. The van der Waals surface area contributed by atoms with E-state index in [1.54, 1.807) is 13.1 Å². The Balaban J connectivity index is 2.12. The van der Waals surface area contributed by atoms with Crippen LogP contribution in [0.25, 0.3) is 0 Å². The van der Waals surface area contributed by atoms with Gasteiger partial charge in [-0.15, -0.1) is 0 Å². The Hall–Kier alpha value is -0.905. The van der Waals surface area contributed by atoms with E-state index >= 15 is 0 Å². The lowest BCUT2D eigenvalue weighted by atomic mass is 9.84. The van der Waals surface area contributed by atoms with Crippen LogP contribution in [0.5, 0.6) is 0 Å². The molecule has 1 unspecified atom stereocenters. The van der Waals surface area contributed by atoms with E-state index in [9.17, 15) is 5.11 Å². The van der Waals surface area contributed by atoms with Gasteiger partial charge in [-0.3, -0.25) is 4.98 Å². The molecular weight excluding hydrogens is 241 g/mol. The molecule has 19 heavy (non-hydrogen) atoms. The lowest BCUT2D eigenvalue weighted by Gasteiger charge is -2.32. The predicted octanol–water partition coefficient (Wildman–Crippen LogP) is 1.30. The minimum atomic E-state index is -0.425. The van der Waals surface area contributed by atoms with E-state index in [0.29, 0.717) is 6.42 Å². The van der Waals surface area contributed by atoms with Crippen molar-refractivity contribution < 1.29 is 14.4 Å². The van der Waals surface area contributed by atoms with Crippen molar-refractivity contribution in [3.05, 3.63) is 23.9 Å². The molecule has 1 fully saturated rings. The Kier molecular flexibility index (Phi) is 3.73. The molecule has 0 aromatic carbocycles. The van der Waals surface area contributed by atoms with Crippen molar-refractivity contribution in [2.45, 2.75) is 58.3 Å². The maximum absolute atomic E-state index is 9.35. The van der Waals surface area contributed by atoms with Gasteiger partial charge >= 0.3 is 7.12 Å². The average Bonchev–Trinajstić information content (AvgIpc) is 2.48. The second kappa shape index (κ2) is 4.89. The third-order valence-electron chi connectivity index (χ3n) is 3.87. The molecule has 2 rings (SSSR count). The first kappa shape index (κ1) is 14.5. The monoisotopic (exact) mass is 263 g/mol. The fourth-order valence-electron chi connectivity index (χ4n) is 2.00. The second-order valence-electron chi connectivity index (χ2n) is 6.23. The molecule has 104 valence electrons. The van der Waals surface area contributed by atoms with Crippen molar-refractivity contribution in [3.63, 3.8) is 0 Å². The topological polar surface area (TPSA) is 51.6 Å². The van der Waals surface area contributed by atoms with Crippen molar-refractivity contribution in [1.82, 2.24) is 4.98 Å². The number of pyridine rings is 1. The molecule has 0 aliphatic carbocycles. The fraction of sp³-hybridized carbons (Fsp3) is 0.643. The predicted molar refractivity (Wildman–Crippen MR) is 75.3 cm³/mol. The first-order chi connectivity index (χ1) is 8.71. The number of aliphatic hydroxyl groups excluding tert-OH is 1. The molecule has 1 saturated heterocycles. The summed E-state index contributed by atoms with van der Waals surface area (Å²) in [6.07, 6.45) is 2.02. The van der Waals surface area contributed by atoms with Crippen LogP contribution in [-0.4, -0.2) is 34.5 Å². The van der Waals surface area contributed by atoms with Crippen LogP contribution < -0.4 is 5.59 Å². The smallest absolute Gasteiger partial charge is 0.398 e. The third-order valence-corrected chi connectivity index (χ3v) is 3.87. The highest BCUT2D eigenvalue weighted by atomic mass is 16.7. The van der Waals surface area contributed by atoms with Gasteiger partial charge in [0.2, 0.25) is 0 Å². The Bertz CT molecular complexity index is 427. The van der Waals surface area contributed by atoms with E-state index in [1.165, 1.54) is 0 Å². The Morgan fingerprint density at radius 2 is 1.79 bits per heavy atom. The molecule has 1 aromatic rings. The Morgan fingerprint density at radius 3 is 2.21 bits per heavy atom. The van der Waals surface area contributed by atoms with Gasteiger partial charge in [0.25, 0.3) is 0 Å². The van der Waals surface area contributed by atoms with E-state index in [4.69, 9.17) is 9.31 Å². The van der Waals surface area contributed by atoms with Gasteiger partial charge in [-0.1, -0.05) is 6.07 Å². The summed E-state index contributed by atoms with van der Waals surface area (Å²) in [6, 6.07) is 3.86. The van der Waals surface area contributed by atoms with Crippen LogP contribution in [0.15, 0.2) is 18.3 Å². The first-order valence-electron chi connectivity index (χ1n) is 6.70. The Labute approximate surface area is 115 Å². The molecule has 1 aliphatic heterocycles. The van der Waals surface area contributed by atoms with Crippen LogP contribution in [0.4, 0.5) is 0 Å². The number of aromatic nitrogens is 1. The summed E-state index contributed by atoms with van der Waals surface area (Å²) in [5.41, 5.74) is 1.08. The lowest BCUT2D eigenvalue weighted by molar-refractivity contribution is 0.00578. The van der Waals surface area contributed by atoms with Gasteiger partial charge in [0.05, 0.1) is 22.9 Å². The van der Waals surface area contributed by atoms with Gasteiger partial charge in [0.15, 0.2) is 0 Å². The van der Waals surface area contributed by atoms with Crippen LogP contribution in [0.1, 0.15) is 40.2 Å². The summed E-state index contributed by atoms with van der Waals surface area (Å²) in [5, 5.41) is 9.35. The van der Waals surface area contributed by atoms with E-state index in [0.717, 1.165) is 11.2 Å². The highest BCUT2D eigenvalue weighted by molar-refractivity contribution is 6.61. The SMILES string of the molecule is CC(O)Cc1ccc(B2OC(C)(C)C(C)(C)O2)nc1. The summed E-state index contributed by atoms with van der Waals surface area (Å²) in [7, 11) is -0.425. The van der Waals surface area contributed by atoms with Gasteiger partial charge in [-0.25, -0.2) is 0 Å². The van der Waals surface area contributed by atoms with E-state index in [2.05, 4.69) is 4.98 Å². The zero-order valence-corrected chi connectivity index (χ0v) is 12.3. The maximum Gasteiger partial charge on any atom is 0.514 e. The molecule has 5 heteroatoms. The van der Waals surface area contributed by atoms with Crippen LogP contribution in [0.2, 0.25) is 0 Å². The van der Waals surface area contributed by atoms with Crippen molar-refractivity contribution in [2.24, 2.45) is 0 Å². The van der Waals surface area contributed by atoms with Crippen LogP contribution in [0.3, 0.4) is 0 Å². The summed E-state index contributed by atoms with van der Waals surface area (Å²) in [5.74, 6) is 0. The number of nitrogens with zero attached hydrogens (tertiary/aromatic N) is 1. The minimum Gasteiger partial charge on any atom is -0.398 e. The first-order valence-corrected chi connectivity index (χ1v) is 6.70. The van der Waals surface area contributed by atoms with E-state index in [-0.39, 0.29) is 17.3 Å².